The Hall–Kier alpha value is -1.59. The average molecular weight is 337 g/mol. The van der Waals surface area contributed by atoms with Gasteiger partial charge in [-0.2, -0.15) is 0 Å². The fraction of sp³-hybridized carbons (Fsp3) is 0.267. The van der Waals surface area contributed by atoms with Crippen molar-refractivity contribution in [3.05, 3.63) is 57.8 Å². The standard InChI is InChI=1S/C15H17BrN2O2/c1-10(11-4-3-5-12(16)8-11)17-9-13-6-7-14(18-13)15(19)20-2/h3-8,10,17-18H,9H2,1-2H3/t10-/m0/s1. The highest BCUT2D eigenvalue weighted by Crippen LogP contribution is 2.18. The second kappa shape index (κ2) is 6.72. The molecule has 0 aliphatic rings. The predicted molar refractivity (Wildman–Crippen MR) is 81.5 cm³/mol. The number of methoxy groups -OCH3 is 1. The molecule has 0 fully saturated rings. The summed E-state index contributed by atoms with van der Waals surface area (Å²) in [5.74, 6) is -0.351. The van der Waals surface area contributed by atoms with Gasteiger partial charge in [0.25, 0.3) is 0 Å². The van der Waals surface area contributed by atoms with E-state index < -0.39 is 0 Å². The van der Waals surface area contributed by atoms with E-state index in [2.05, 4.69) is 50.0 Å². The van der Waals surface area contributed by atoms with Gasteiger partial charge in [0.2, 0.25) is 0 Å². The monoisotopic (exact) mass is 336 g/mol. The van der Waals surface area contributed by atoms with Gasteiger partial charge in [0.15, 0.2) is 0 Å². The maximum atomic E-state index is 11.3. The molecule has 1 aromatic heterocycles. The fourth-order valence-corrected chi connectivity index (χ4v) is 2.35. The van der Waals surface area contributed by atoms with Crippen molar-refractivity contribution in [1.29, 1.82) is 0 Å². The molecule has 0 radical (unpaired) electrons. The Morgan fingerprint density at radius 2 is 2.20 bits per heavy atom. The van der Waals surface area contributed by atoms with Crippen molar-refractivity contribution in [3.8, 4) is 0 Å². The van der Waals surface area contributed by atoms with Crippen molar-refractivity contribution in [2.45, 2.75) is 19.5 Å². The molecule has 0 saturated carbocycles. The number of hydrogen-bond donors (Lipinski definition) is 2. The van der Waals surface area contributed by atoms with Gasteiger partial charge in [-0.25, -0.2) is 4.79 Å². The molecule has 0 bridgehead atoms. The molecule has 4 nitrogen and oxygen atoms in total. The quantitative estimate of drug-likeness (QED) is 0.822. The third kappa shape index (κ3) is 3.71. The van der Waals surface area contributed by atoms with Gasteiger partial charge in [-0.1, -0.05) is 28.1 Å². The summed E-state index contributed by atoms with van der Waals surface area (Å²) in [5.41, 5.74) is 2.63. The van der Waals surface area contributed by atoms with Gasteiger partial charge < -0.3 is 15.0 Å². The van der Waals surface area contributed by atoms with E-state index in [4.69, 9.17) is 0 Å². The number of carbonyl (C=O) groups is 1. The molecule has 0 aliphatic carbocycles. The second-order valence-corrected chi connectivity index (χ2v) is 5.46. The van der Waals surface area contributed by atoms with E-state index >= 15 is 0 Å². The Kier molecular flexibility index (Phi) is 4.98. The minimum atomic E-state index is -0.351. The van der Waals surface area contributed by atoms with E-state index in [9.17, 15) is 4.79 Å². The van der Waals surface area contributed by atoms with Gasteiger partial charge in [-0.15, -0.1) is 0 Å². The Morgan fingerprint density at radius 1 is 1.40 bits per heavy atom. The molecule has 20 heavy (non-hydrogen) atoms. The first-order valence-corrected chi connectivity index (χ1v) is 7.14. The predicted octanol–water partition coefficient (Wildman–Crippen LogP) is 3.41. The highest BCUT2D eigenvalue weighted by molar-refractivity contribution is 9.10. The number of esters is 1. The maximum Gasteiger partial charge on any atom is 0.354 e. The molecule has 5 heteroatoms. The SMILES string of the molecule is COC(=O)c1ccc(CN[C@@H](C)c2cccc(Br)c2)[nH]1. The van der Waals surface area contributed by atoms with E-state index in [0.29, 0.717) is 12.2 Å². The van der Waals surface area contributed by atoms with Crippen LogP contribution in [-0.4, -0.2) is 18.1 Å². The van der Waals surface area contributed by atoms with Gasteiger partial charge in [-0.05, 0) is 36.8 Å². The van der Waals surface area contributed by atoms with Gasteiger partial charge in [0.05, 0.1) is 7.11 Å². The van der Waals surface area contributed by atoms with Crippen molar-refractivity contribution in [2.24, 2.45) is 0 Å². The fourth-order valence-electron chi connectivity index (χ4n) is 1.93. The lowest BCUT2D eigenvalue weighted by atomic mass is 10.1. The minimum absolute atomic E-state index is 0.220. The summed E-state index contributed by atoms with van der Waals surface area (Å²) in [4.78, 5) is 14.4. The van der Waals surface area contributed by atoms with Crippen LogP contribution in [-0.2, 0) is 11.3 Å². The molecular formula is C15H17BrN2O2. The molecule has 1 aromatic carbocycles. The van der Waals surface area contributed by atoms with E-state index in [0.717, 1.165) is 10.2 Å². The average Bonchev–Trinajstić information content (AvgIpc) is 2.92. The van der Waals surface area contributed by atoms with Crippen LogP contribution in [0.1, 0.15) is 34.7 Å². The molecule has 0 spiro atoms. The van der Waals surface area contributed by atoms with E-state index in [-0.39, 0.29) is 12.0 Å². The van der Waals surface area contributed by atoms with Crippen molar-refractivity contribution >= 4 is 21.9 Å². The topological polar surface area (TPSA) is 54.1 Å². The maximum absolute atomic E-state index is 11.3. The molecular weight excluding hydrogens is 320 g/mol. The van der Waals surface area contributed by atoms with Gasteiger partial charge in [0.1, 0.15) is 5.69 Å². The zero-order valence-corrected chi connectivity index (χ0v) is 13.0. The third-order valence-corrected chi connectivity index (χ3v) is 3.59. The number of rotatable bonds is 5. The molecule has 1 heterocycles. The first-order chi connectivity index (χ1) is 9.60. The molecule has 106 valence electrons. The number of H-pyrrole nitrogens is 1. The largest absolute Gasteiger partial charge is 0.464 e. The Labute approximate surface area is 126 Å². The van der Waals surface area contributed by atoms with Crippen LogP contribution in [0.4, 0.5) is 0 Å². The van der Waals surface area contributed by atoms with Crippen LogP contribution < -0.4 is 5.32 Å². The molecule has 0 amide bonds. The number of ether oxygens (including phenoxy) is 1. The summed E-state index contributed by atoms with van der Waals surface area (Å²) in [6, 6.07) is 12.0. The van der Waals surface area contributed by atoms with E-state index in [1.54, 1.807) is 6.07 Å². The molecule has 0 aliphatic heterocycles. The van der Waals surface area contributed by atoms with Crippen LogP contribution in [0, 0.1) is 0 Å². The van der Waals surface area contributed by atoms with E-state index in [1.807, 2.05) is 18.2 Å². The van der Waals surface area contributed by atoms with Crippen LogP contribution >= 0.6 is 15.9 Å². The summed E-state index contributed by atoms with van der Waals surface area (Å²) in [7, 11) is 1.37. The number of benzene rings is 1. The number of aromatic nitrogens is 1. The van der Waals surface area contributed by atoms with Crippen LogP contribution in [0.3, 0.4) is 0 Å². The molecule has 1 atom stereocenters. The van der Waals surface area contributed by atoms with E-state index in [1.165, 1.54) is 12.7 Å². The van der Waals surface area contributed by atoms with Crippen LogP contribution in [0.15, 0.2) is 40.9 Å². The highest BCUT2D eigenvalue weighted by Gasteiger charge is 2.09. The van der Waals surface area contributed by atoms with Gasteiger partial charge in [-0.3, -0.25) is 0 Å². The molecule has 2 N–H and O–H groups in total. The second-order valence-electron chi connectivity index (χ2n) is 4.55. The smallest absolute Gasteiger partial charge is 0.354 e. The number of aromatic amines is 1. The summed E-state index contributed by atoms with van der Waals surface area (Å²) in [5, 5.41) is 3.41. The minimum Gasteiger partial charge on any atom is -0.464 e. The first kappa shape index (κ1) is 14.8. The first-order valence-electron chi connectivity index (χ1n) is 6.35. The molecule has 2 aromatic rings. The highest BCUT2D eigenvalue weighted by atomic mass is 79.9. The van der Waals surface area contributed by atoms with Crippen LogP contribution in [0.25, 0.3) is 0 Å². The zero-order chi connectivity index (χ0) is 14.5. The number of halogens is 1. The number of hydrogen-bond acceptors (Lipinski definition) is 3. The Balaban J connectivity index is 1.95. The van der Waals surface area contributed by atoms with Gasteiger partial charge >= 0.3 is 5.97 Å². The normalized spacial score (nSPS) is 12.2. The number of carbonyl (C=O) groups excluding carboxylic acids is 1. The number of nitrogens with one attached hydrogen (secondary N) is 2. The molecule has 0 saturated heterocycles. The molecule has 0 unspecified atom stereocenters. The van der Waals surface area contributed by atoms with Crippen molar-refractivity contribution in [1.82, 2.24) is 10.3 Å². The van der Waals surface area contributed by atoms with Gasteiger partial charge in [0, 0.05) is 22.8 Å². The van der Waals surface area contributed by atoms with Crippen molar-refractivity contribution in [2.75, 3.05) is 7.11 Å². The van der Waals surface area contributed by atoms with Crippen LogP contribution in [0.2, 0.25) is 0 Å². The summed E-state index contributed by atoms with van der Waals surface area (Å²) < 4.78 is 5.73. The molecule has 2 rings (SSSR count). The summed E-state index contributed by atoms with van der Waals surface area (Å²) >= 11 is 3.47. The summed E-state index contributed by atoms with van der Waals surface area (Å²) in [6.45, 7) is 2.76. The van der Waals surface area contributed by atoms with Crippen LogP contribution in [0.5, 0.6) is 0 Å². The Morgan fingerprint density at radius 3 is 2.90 bits per heavy atom. The lowest BCUT2D eigenvalue weighted by molar-refractivity contribution is 0.0594. The lowest BCUT2D eigenvalue weighted by Gasteiger charge is -2.14. The van der Waals surface area contributed by atoms with Crippen molar-refractivity contribution in [3.63, 3.8) is 0 Å². The summed E-state index contributed by atoms with van der Waals surface area (Å²) in [6.07, 6.45) is 0. The Bertz CT molecular complexity index is 595. The zero-order valence-electron chi connectivity index (χ0n) is 11.4. The van der Waals surface area contributed by atoms with Crippen molar-refractivity contribution < 1.29 is 9.53 Å². The third-order valence-electron chi connectivity index (χ3n) is 3.10. The lowest BCUT2D eigenvalue weighted by Crippen LogP contribution is -2.18.